The van der Waals surface area contributed by atoms with Crippen LogP contribution in [0.4, 0.5) is 11.4 Å². The maximum atomic E-state index is 12.2. The summed E-state index contributed by atoms with van der Waals surface area (Å²) >= 11 is 0. The van der Waals surface area contributed by atoms with E-state index in [1.165, 1.54) is 17.3 Å². The van der Waals surface area contributed by atoms with Gasteiger partial charge in [-0.25, -0.2) is 9.67 Å². The van der Waals surface area contributed by atoms with Gasteiger partial charge in [0.25, 0.3) is 0 Å². The lowest BCUT2D eigenvalue weighted by Crippen LogP contribution is -2.24. The van der Waals surface area contributed by atoms with Crippen LogP contribution in [0.15, 0.2) is 49.3 Å². The topological polar surface area (TPSA) is 81.1 Å². The summed E-state index contributed by atoms with van der Waals surface area (Å²) in [6.07, 6.45) is 9.03. The van der Waals surface area contributed by atoms with Crippen LogP contribution in [-0.2, 0) is 9.53 Å². The number of nitrogens with one attached hydrogen (secondary N) is 2. The fraction of sp³-hybridized carbons (Fsp3) is 0.353. The molecule has 7 nitrogen and oxygen atoms in total. The molecule has 2 heterocycles. The van der Waals surface area contributed by atoms with Gasteiger partial charge in [-0.05, 0) is 50.1 Å². The van der Waals surface area contributed by atoms with Gasteiger partial charge in [0.1, 0.15) is 24.8 Å². The molecule has 1 aromatic heterocycles. The molecule has 2 aromatic rings. The Hall–Kier alpha value is -2.83. The number of benzene rings is 1. The first-order valence-corrected chi connectivity index (χ1v) is 8.02. The van der Waals surface area contributed by atoms with Crippen molar-refractivity contribution < 1.29 is 9.53 Å². The zero-order chi connectivity index (χ0) is 16.8. The Morgan fingerprint density at radius 1 is 1.38 bits per heavy atom. The van der Waals surface area contributed by atoms with E-state index in [0.717, 1.165) is 30.8 Å². The lowest BCUT2D eigenvalue weighted by Gasteiger charge is -2.20. The average Bonchev–Trinajstić information content (AvgIpc) is 3.16. The number of anilines is 2. The third kappa shape index (κ3) is 4.13. The molecule has 2 atom stereocenters. The highest BCUT2D eigenvalue weighted by atomic mass is 16.5. The standard InChI is InChI=1S/C17H21N5O2/c1-13(22-12-18-11-20-22)17(23)21-15-7-5-14(6-8-15)19-10-16-4-2-3-9-24-16/h3,5-9,11-13,16,19H,2,4,10H2,1H3,(H,21,23)/t13-,16-/m0/s1. The van der Waals surface area contributed by atoms with Crippen molar-refractivity contribution in [1.29, 1.82) is 0 Å². The molecule has 0 saturated heterocycles. The molecule has 3 rings (SSSR count). The number of rotatable bonds is 6. The Morgan fingerprint density at radius 2 is 2.17 bits per heavy atom. The fourth-order valence-corrected chi connectivity index (χ4v) is 2.42. The van der Waals surface area contributed by atoms with Gasteiger partial charge in [-0.1, -0.05) is 0 Å². The number of hydrogen-bond donors (Lipinski definition) is 2. The minimum atomic E-state index is -0.415. The van der Waals surface area contributed by atoms with Crippen molar-refractivity contribution in [2.24, 2.45) is 0 Å². The van der Waals surface area contributed by atoms with Gasteiger partial charge in [0.15, 0.2) is 0 Å². The first-order valence-electron chi connectivity index (χ1n) is 8.02. The third-order valence-corrected chi connectivity index (χ3v) is 3.92. The van der Waals surface area contributed by atoms with Crippen molar-refractivity contribution in [2.75, 3.05) is 17.2 Å². The molecule has 0 bridgehead atoms. The Labute approximate surface area is 140 Å². The van der Waals surface area contributed by atoms with Crippen LogP contribution in [0.2, 0.25) is 0 Å². The first kappa shape index (κ1) is 16.0. The van der Waals surface area contributed by atoms with E-state index in [0.29, 0.717) is 0 Å². The van der Waals surface area contributed by atoms with Crippen molar-refractivity contribution in [3.8, 4) is 0 Å². The van der Waals surface area contributed by atoms with E-state index in [-0.39, 0.29) is 12.0 Å². The number of allylic oxidation sites excluding steroid dienone is 1. The molecule has 0 radical (unpaired) electrons. The van der Waals surface area contributed by atoms with Gasteiger partial charge in [0.2, 0.25) is 5.91 Å². The summed E-state index contributed by atoms with van der Waals surface area (Å²) in [7, 11) is 0. The summed E-state index contributed by atoms with van der Waals surface area (Å²) in [6.45, 7) is 2.54. The molecule has 1 aliphatic heterocycles. The number of carbonyl (C=O) groups is 1. The predicted octanol–water partition coefficient (Wildman–Crippen LogP) is 2.58. The summed E-state index contributed by atoms with van der Waals surface area (Å²) in [5.74, 6) is -0.136. The molecule has 0 fully saturated rings. The Bertz CT molecular complexity index is 682. The van der Waals surface area contributed by atoms with Crippen LogP contribution in [-0.4, -0.2) is 33.3 Å². The molecule has 1 aromatic carbocycles. The smallest absolute Gasteiger partial charge is 0.249 e. The van der Waals surface area contributed by atoms with Crippen LogP contribution < -0.4 is 10.6 Å². The molecule has 126 valence electrons. The number of amides is 1. The Balaban J connectivity index is 1.50. The molecule has 0 aliphatic carbocycles. The molecule has 0 spiro atoms. The minimum Gasteiger partial charge on any atom is -0.497 e. The number of carbonyl (C=O) groups excluding carboxylic acids is 1. The highest BCUT2D eigenvalue weighted by Gasteiger charge is 2.15. The monoisotopic (exact) mass is 327 g/mol. The van der Waals surface area contributed by atoms with Crippen LogP contribution >= 0.6 is 0 Å². The molecule has 7 heteroatoms. The van der Waals surface area contributed by atoms with Gasteiger partial charge in [0.05, 0.1) is 12.8 Å². The summed E-state index contributed by atoms with van der Waals surface area (Å²) in [5.41, 5.74) is 1.74. The van der Waals surface area contributed by atoms with Gasteiger partial charge in [-0.2, -0.15) is 5.10 Å². The quantitative estimate of drug-likeness (QED) is 0.852. The van der Waals surface area contributed by atoms with Crippen molar-refractivity contribution in [3.63, 3.8) is 0 Å². The van der Waals surface area contributed by atoms with E-state index in [1.807, 2.05) is 30.3 Å². The lowest BCUT2D eigenvalue weighted by molar-refractivity contribution is -0.119. The molecule has 24 heavy (non-hydrogen) atoms. The zero-order valence-electron chi connectivity index (χ0n) is 13.6. The highest BCUT2D eigenvalue weighted by molar-refractivity contribution is 5.93. The molecular formula is C17H21N5O2. The van der Waals surface area contributed by atoms with E-state index >= 15 is 0 Å². The SMILES string of the molecule is C[C@@H](C(=O)Nc1ccc(NC[C@@H]2CCC=CO2)cc1)n1cncn1. The van der Waals surface area contributed by atoms with Gasteiger partial charge < -0.3 is 15.4 Å². The predicted molar refractivity (Wildman–Crippen MR) is 91.5 cm³/mol. The number of nitrogens with zero attached hydrogens (tertiary/aromatic N) is 3. The van der Waals surface area contributed by atoms with Gasteiger partial charge in [-0.15, -0.1) is 0 Å². The van der Waals surface area contributed by atoms with Crippen LogP contribution in [0.5, 0.6) is 0 Å². The van der Waals surface area contributed by atoms with E-state index in [1.54, 1.807) is 13.2 Å². The van der Waals surface area contributed by atoms with E-state index < -0.39 is 6.04 Å². The van der Waals surface area contributed by atoms with E-state index in [2.05, 4.69) is 20.7 Å². The summed E-state index contributed by atoms with van der Waals surface area (Å²) < 4.78 is 7.04. The summed E-state index contributed by atoms with van der Waals surface area (Å²) in [4.78, 5) is 16.0. The normalized spacial score (nSPS) is 17.8. The minimum absolute atomic E-state index is 0.136. The van der Waals surface area contributed by atoms with Crippen molar-refractivity contribution >= 4 is 17.3 Å². The van der Waals surface area contributed by atoms with Crippen molar-refractivity contribution in [2.45, 2.75) is 31.9 Å². The molecule has 0 unspecified atom stereocenters. The van der Waals surface area contributed by atoms with Crippen LogP contribution in [0, 0.1) is 0 Å². The van der Waals surface area contributed by atoms with Crippen molar-refractivity contribution in [1.82, 2.24) is 14.8 Å². The average molecular weight is 327 g/mol. The Kier molecular flexibility index (Phi) is 5.10. The second-order valence-electron chi connectivity index (χ2n) is 5.71. The van der Waals surface area contributed by atoms with Gasteiger partial charge in [0, 0.05) is 11.4 Å². The first-order chi connectivity index (χ1) is 11.7. The van der Waals surface area contributed by atoms with E-state index in [4.69, 9.17) is 4.74 Å². The Morgan fingerprint density at radius 3 is 2.83 bits per heavy atom. The van der Waals surface area contributed by atoms with Crippen molar-refractivity contribution in [3.05, 3.63) is 49.3 Å². The molecule has 1 amide bonds. The zero-order valence-corrected chi connectivity index (χ0v) is 13.6. The molecule has 0 saturated carbocycles. The van der Waals surface area contributed by atoms with E-state index in [9.17, 15) is 4.79 Å². The van der Waals surface area contributed by atoms with Crippen LogP contribution in [0.3, 0.4) is 0 Å². The highest BCUT2D eigenvalue weighted by Crippen LogP contribution is 2.17. The maximum absolute atomic E-state index is 12.2. The van der Waals surface area contributed by atoms with Gasteiger partial charge in [-0.3, -0.25) is 4.79 Å². The lowest BCUT2D eigenvalue weighted by atomic mass is 10.1. The summed E-state index contributed by atoms with van der Waals surface area (Å²) in [6, 6.07) is 7.20. The largest absolute Gasteiger partial charge is 0.497 e. The molecule has 2 N–H and O–H groups in total. The maximum Gasteiger partial charge on any atom is 0.249 e. The molecular weight excluding hydrogens is 306 g/mol. The second kappa shape index (κ2) is 7.63. The van der Waals surface area contributed by atoms with Crippen LogP contribution in [0.25, 0.3) is 0 Å². The third-order valence-electron chi connectivity index (χ3n) is 3.92. The fourth-order valence-electron chi connectivity index (χ4n) is 2.42. The van der Waals surface area contributed by atoms with Crippen LogP contribution in [0.1, 0.15) is 25.8 Å². The number of hydrogen-bond acceptors (Lipinski definition) is 5. The van der Waals surface area contributed by atoms with Gasteiger partial charge >= 0.3 is 0 Å². The summed E-state index contributed by atoms with van der Waals surface area (Å²) in [5, 5.41) is 10.2. The number of aromatic nitrogens is 3. The second-order valence-corrected chi connectivity index (χ2v) is 5.71. The molecule has 1 aliphatic rings. The number of ether oxygens (including phenoxy) is 1.